The van der Waals surface area contributed by atoms with E-state index in [9.17, 15) is 9.90 Å². The number of fused-ring (bicyclic) bond motifs is 1. The first-order valence-corrected chi connectivity index (χ1v) is 7.93. The van der Waals surface area contributed by atoms with Gasteiger partial charge in [0.15, 0.2) is 0 Å². The number of benzene rings is 2. The second-order valence-electron chi connectivity index (χ2n) is 5.66. The van der Waals surface area contributed by atoms with E-state index < -0.39 is 5.97 Å². The van der Waals surface area contributed by atoms with Gasteiger partial charge < -0.3 is 14.6 Å². The normalized spacial score (nSPS) is 15.7. The zero-order chi connectivity index (χ0) is 16.1. The molecule has 0 aromatic heterocycles. The number of hydrogen-bond donors (Lipinski definition) is 1. The number of morpholine rings is 1. The summed E-state index contributed by atoms with van der Waals surface area (Å²) in [4.78, 5) is 14.4. The number of aromatic hydroxyl groups is 1. The van der Waals surface area contributed by atoms with Gasteiger partial charge in [-0.25, -0.2) is 4.79 Å². The molecule has 0 aliphatic carbocycles. The number of nitrogens with zero attached hydrogens (tertiary/aromatic N) is 1. The number of carbonyl (C=O) groups is 1. The maximum atomic E-state index is 12.1. The SMILES string of the molecule is O=C(OCCCN1CCOCC1)c1cc2ccccc2cc1O. The molecule has 0 saturated carbocycles. The highest BCUT2D eigenvalue weighted by Crippen LogP contribution is 2.25. The molecule has 1 aliphatic heterocycles. The number of hydrogen-bond acceptors (Lipinski definition) is 5. The maximum absolute atomic E-state index is 12.1. The van der Waals surface area contributed by atoms with E-state index in [2.05, 4.69) is 4.90 Å². The molecule has 2 aromatic carbocycles. The van der Waals surface area contributed by atoms with Gasteiger partial charge in [0.2, 0.25) is 0 Å². The molecule has 23 heavy (non-hydrogen) atoms. The molecule has 0 radical (unpaired) electrons. The van der Waals surface area contributed by atoms with Crippen LogP contribution in [0, 0.1) is 0 Å². The van der Waals surface area contributed by atoms with Crippen molar-refractivity contribution >= 4 is 16.7 Å². The molecule has 5 nitrogen and oxygen atoms in total. The molecule has 5 heteroatoms. The van der Waals surface area contributed by atoms with Crippen molar-refractivity contribution in [2.24, 2.45) is 0 Å². The van der Waals surface area contributed by atoms with Gasteiger partial charge in [-0.1, -0.05) is 24.3 Å². The molecule has 0 amide bonds. The number of esters is 1. The van der Waals surface area contributed by atoms with E-state index in [1.807, 2.05) is 24.3 Å². The van der Waals surface area contributed by atoms with Crippen LogP contribution in [0.5, 0.6) is 5.75 Å². The van der Waals surface area contributed by atoms with Crippen molar-refractivity contribution in [2.45, 2.75) is 6.42 Å². The van der Waals surface area contributed by atoms with E-state index >= 15 is 0 Å². The number of carbonyl (C=O) groups excluding carboxylic acids is 1. The van der Waals surface area contributed by atoms with E-state index in [4.69, 9.17) is 9.47 Å². The first kappa shape index (κ1) is 15.8. The molecule has 1 saturated heterocycles. The van der Waals surface area contributed by atoms with E-state index in [0.717, 1.165) is 50.0 Å². The highest BCUT2D eigenvalue weighted by atomic mass is 16.5. The third kappa shape index (κ3) is 4.00. The third-order valence-corrected chi connectivity index (χ3v) is 4.04. The van der Waals surface area contributed by atoms with E-state index in [1.54, 1.807) is 12.1 Å². The molecule has 122 valence electrons. The van der Waals surface area contributed by atoms with Crippen LogP contribution in [-0.4, -0.2) is 55.4 Å². The van der Waals surface area contributed by atoms with Gasteiger partial charge in [0.1, 0.15) is 11.3 Å². The first-order chi connectivity index (χ1) is 11.2. The van der Waals surface area contributed by atoms with Gasteiger partial charge in [-0.3, -0.25) is 4.90 Å². The average Bonchev–Trinajstić information content (AvgIpc) is 2.59. The van der Waals surface area contributed by atoms with Crippen molar-refractivity contribution in [2.75, 3.05) is 39.5 Å². The molecular weight excluding hydrogens is 294 g/mol. The topological polar surface area (TPSA) is 59.0 Å². The second-order valence-corrected chi connectivity index (χ2v) is 5.66. The Morgan fingerprint density at radius 3 is 2.61 bits per heavy atom. The van der Waals surface area contributed by atoms with Crippen LogP contribution in [0.25, 0.3) is 10.8 Å². The number of phenolic OH excluding ortho intramolecular Hbond substituents is 1. The Kier molecular flexibility index (Phi) is 5.10. The molecule has 1 fully saturated rings. The molecular formula is C18H21NO4. The summed E-state index contributed by atoms with van der Waals surface area (Å²) in [6.45, 7) is 4.64. The Hall–Kier alpha value is -2.11. The molecule has 3 rings (SSSR count). The minimum Gasteiger partial charge on any atom is -0.507 e. The monoisotopic (exact) mass is 315 g/mol. The highest BCUT2D eigenvalue weighted by molar-refractivity contribution is 5.98. The lowest BCUT2D eigenvalue weighted by Gasteiger charge is -2.26. The minimum absolute atomic E-state index is 0.0399. The van der Waals surface area contributed by atoms with E-state index in [-0.39, 0.29) is 11.3 Å². The zero-order valence-electron chi connectivity index (χ0n) is 13.0. The van der Waals surface area contributed by atoms with Crippen molar-refractivity contribution in [3.05, 3.63) is 42.0 Å². The number of rotatable bonds is 5. The summed E-state index contributed by atoms with van der Waals surface area (Å²) in [5.41, 5.74) is 0.218. The standard InChI is InChI=1S/C18H21NO4/c20-17-13-15-5-2-1-4-14(15)12-16(17)18(21)23-9-3-6-19-7-10-22-11-8-19/h1-2,4-5,12-13,20H,3,6-11H2. The fourth-order valence-corrected chi connectivity index (χ4v) is 2.75. The van der Waals surface area contributed by atoms with Crippen molar-refractivity contribution < 1.29 is 19.4 Å². The summed E-state index contributed by atoms with van der Waals surface area (Å²) >= 11 is 0. The highest BCUT2D eigenvalue weighted by Gasteiger charge is 2.14. The van der Waals surface area contributed by atoms with Crippen molar-refractivity contribution in [3.63, 3.8) is 0 Å². The van der Waals surface area contributed by atoms with Crippen molar-refractivity contribution in [3.8, 4) is 5.75 Å². The van der Waals surface area contributed by atoms with E-state index in [0.29, 0.717) is 6.61 Å². The fourth-order valence-electron chi connectivity index (χ4n) is 2.75. The lowest BCUT2D eigenvalue weighted by atomic mass is 10.1. The van der Waals surface area contributed by atoms with E-state index in [1.165, 1.54) is 0 Å². The van der Waals surface area contributed by atoms with Crippen molar-refractivity contribution in [1.82, 2.24) is 4.90 Å². The largest absolute Gasteiger partial charge is 0.507 e. The molecule has 0 unspecified atom stereocenters. The summed E-state index contributed by atoms with van der Waals surface area (Å²) in [7, 11) is 0. The van der Waals surface area contributed by atoms with Crippen LogP contribution < -0.4 is 0 Å². The average molecular weight is 315 g/mol. The third-order valence-electron chi connectivity index (χ3n) is 4.04. The summed E-state index contributed by atoms with van der Waals surface area (Å²) in [6, 6.07) is 10.9. The van der Waals surface area contributed by atoms with Gasteiger partial charge in [0.25, 0.3) is 0 Å². The Bertz CT molecular complexity index is 680. The fraction of sp³-hybridized carbons (Fsp3) is 0.389. The van der Waals surface area contributed by atoms with Crippen LogP contribution in [0.3, 0.4) is 0 Å². The second kappa shape index (κ2) is 7.44. The lowest BCUT2D eigenvalue weighted by Crippen LogP contribution is -2.37. The summed E-state index contributed by atoms with van der Waals surface area (Å²) < 4.78 is 10.6. The van der Waals surface area contributed by atoms with Gasteiger partial charge >= 0.3 is 5.97 Å². The molecule has 0 spiro atoms. The van der Waals surface area contributed by atoms with Gasteiger partial charge in [0, 0.05) is 19.6 Å². The molecule has 1 heterocycles. The number of ether oxygens (including phenoxy) is 2. The van der Waals surface area contributed by atoms with Crippen LogP contribution in [0.15, 0.2) is 36.4 Å². The van der Waals surface area contributed by atoms with Crippen molar-refractivity contribution in [1.29, 1.82) is 0 Å². The molecule has 2 aromatic rings. The predicted molar refractivity (Wildman–Crippen MR) is 87.8 cm³/mol. The Labute approximate surface area is 135 Å². The first-order valence-electron chi connectivity index (χ1n) is 7.93. The maximum Gasteiger partial charge on any atom is 0.341 e. The predicted octanol–water partition coefficient (Wildman–Crippen LogP) is 2.42. The molecule has 1 aliphatic rings. The lowest BCUT2D eigenvalue weighted by molar-refractivity contribution is 0.0297. The van der Waals surface area contributed by atoms with Gasteiger partial charge in [0.05, 0.1) is 19.8 Å². The summed E-state index contributed by atoms with van der Waals surface area (Å²) in [6.07, 6.45) is 0.778. The molecule has 1 N–H and O–H groups in total. The van der Waals surface area contributed by atoms with Crippen LogP contribution in [0.1, 0.15) is 16.8 Å². The zero-order valence-corrected chi connectivity index (χ0v) is 13.0. The quantitative estimate of drug-likeness (QED) is 0.678. The van der Waals surface area contributed by atoms with Crippen LogP contribution in [-0.2, 0) is 9.47 Å². The van der Waals surface area contributed by atoms with Gasteiger partial charge in [-0.2, -0.15) is 0 Å². The Balaban J connectivity index is 1.54. The smallest absolute Gasteiger partial charge is 0.341 e. The van der Waals surface area contributed by atoms with Gasteiger partial charge in [-0.05, 0) is 29.3 Å². The van der Waals surface area contributed by atoms with Gasteiger partial charge in [-0.15, -0.1) is 0 Å². The summed E-state index contributed by atoms with van der Waals surface area (Å²) in [5.74, 6) is -0.517. The summed E-state index contributed by atoms with van der Waals surface area (Å²) in [5, 5.41) is 11.8. The van der Waals surface area contributed by atoms with Crippen LogP contribution in [0.4, 0.5) is 0 Å². The van der Waals surface area contributed by atoms with Crippen LogP contribution in [0.2, 0.25) is 0 Å². The molecule has 0 bridgehead atoms. The molecule has 0 atom stereocenters. The van der Waals surface area contributed by atoms with Crippen LogP contribution >= 0.6 is 0 Å². The Morgan fingerprint density at radius 2 is 1.87 bits per heavy atom. The number of phenols is 1. The Morgan fingerprint density at radius 1 is 1.17 bits per heavy atom. The minimum atomic E-state index is -0.477.